The highest BCUT2D eigenvalue weighted by Gasteiger charge is 2.44. The Morgan fingerprint density at radius 2 is 2.08 bits per heavy atom. The van der Waals surface area contributed by atoms with Crippen LogP contribution >= 0.6 is 0 Å². The van der Waals surface area contributed by atoms with E-state index in [2.05, 4.69) is 29.1 Å². The Hall–Kier alpha value is -2.63. The van der Waals surface area contributed by atoms with Crippen molar-refractivity contribution in [3.63, 3.8) is 0 Å². The molecular formula is C18H22N4O2. The fraction of sp³-hybridized carbons (Fsp3) is 0.389. The van der Waals surface area contributed by atoms with Gasteiger partial charge >= 0.3 is 0 Å². The van der Waals surface area contributed by atoms with Crippen molar-refractivity contribution in [2.75, 3.05) is 16.8 Å². The molecule has 2 heterocycles. The van der Waals surface area contributed by atoms with Crippen LogP contribution in [-0.2, 0) is 4.79 Å². The number of anilines is 3. The number of phenolic OH excluding ortho intramolecular Hbond substituents is 1. The molecule has 1 aliphatic heterocycles. The second kappa shape index (κ2) is 6.47. The third-order valence-corrected chi connectivity index (χ3v) is 4.89. The Morgan fingerprint density at radius 3 is 2.75 bits per heavy atom. The van der Waals surface area contributed by atoms with Crippen LogP contribution in [0.5, 0.6) is 5.75 Å². The molecule has 2 N–H and O–H groups in total. The zero-order chi connectivity index (χ0) is 17.2. The number of hydrogen-bond acceptors (Lipinski definition) is 5. The number of rotatable bonds is 5. The number of carbonyl (C=O) groups excluding carboxylic acids is 1. The number of aromatic hydroxyl groups is 1. The zero-order valence-electron chi connectivity index (χ0n) is 14.0. The van der Waals surface area contributed by atoms with Gasteiger partial charge in [0.1, 0.15) is 11.6 Å². The number of aromatic nitrogens is 2. The van der Waals surface area contributed by atoms with Gasteiger partial charge in [-0.3, -0.25) is 9.69 Å². The van der Waals surface area contributed by atoms with Crippen molar-refractivity contribution in [1.29, 1.82) is 0 Å². The molecule has 0 atom stereocenters. The molecule has 0 aliphatic carbocycles. The molecule has 24 heavy (non-hydrogen) atoms. The van der Waals surface area contributed by atoms with Crippen LogP contribution < -0.4 is 10.2 Å². The quantitative estimate of drug-likeness (QED) is 0.879. The lowest BCUT2D eigenvalue weighted by Gasteiger charge is -2.24. The van der Waals surface area contributed by atoms with Crippen LogP contribution in [0.25, 0.3) is 0 Å². The van der Waals surface area contributed by atoms with E-state index < -0.39 is 0 Å². The van der Waals surface area contributed by atoms with Crippen molar-refractivity contribution in [1.82, 2.24) is 9.97 Å². The van der Waals surface area contributed by atoms with E-state index in [-0.39, 0.29) is 17.1 Å². The molecule has 1 saturated heterocycles. The summed E-state index contributed by atoms with van der Waals surface area (Å²) < 4.78 is 0. The predicted molar refractivity (Wildman–Crippen MR) is 93.4 cm³/mol. The fourth-order valence-electron chi connectivity index (χ4n) is 3.22. The summed E-state index contributed by atoms with van der Waals surface area (Å²) in [4.78, 5) is 23.2. The van der Waals surface area contributed by atoms with Gasteiger partial charge < -0.3 is 10.4 Å². The molecule has 126 valence electrons. The molecule has 1 aromatic heterocycles. The Morgan fingerprint density at radius 1 is 1.29 bits per heavy atom. The van der Waals surface area contributed by atoms with Gasteiger partial charge in [0.25, 0.3) is 0 Å². The van der Waals surface area contributed by atoms with Crippen LogP contribution in [0.1, 0.15) is 33.1 Å². The van der Waals surface area contributed by atoms with E-state index in [0.717, 1.165) is 19.3 Å². The van der Waals surface area contributed by atoms with Crippen molar-refractivity contribution in [2.45, 2.75) is 33.1 Å². The molecule has 0 radical (unpaired) electrons. The van der Waals surface area contributed by atoms with Gasteiger partial charge in [0.05, 0.1) is 5.41 Å². The van der Waals surface area contributed by atoms with Gasteiger partial charge in [-0.2, -0.15) is 4.98 Å². The number of nitrogens with one attached hydrogen (secondary N) is 1. The lowest BCUT2D eigenvalue weighted by Crippen LogP contribution is -2.34. The summed E-state index contributed by atoms with van der Waals surface area (Å²) in [6, 6.07) is 8.50. The molecule has 1 amide bonds. The van der Waals surface area contributed by atoms with Crippen molar-refractivity contribution in [2.24, 2.45) is 5.41 Å². The van der Waals surface area contributed by atoms with Gasteiger partial charge in [-0.1, -0.05) is 19.9 Å². The predicted octanol–water partition coefficient (Wildman–Crippen LogP) is 3.47. The normalized spacial score (nSPS) is 16.4. The van der Waals surface area contributed by atoms with Gasteiger partial charge in [-0.15, -0.1) is 0 Å². The smallest absolute Gasteiger partial charge is 0.234 e. The minimum absolute atomic E-state index is 0.148. The van der Waals surface area contributed by atoms with Crippen molar-refractivity contribution in [3.8, 4) is 5.75 Å². The standard InChI is InChI=1S/C18H22N4O2/c1-3-18(4-2)9-11-22(16(18)24)15-8-10-19-17(21-15)20-13-6-5-7-14(23)12-13/h5-8,10,12,23H,3-4,9,11H2,1-2H3,(H,19,20,21). The first kappa shape index (κ1) is 16.2. The highest BCUT2D eigenvalue weighted by molar-refractivity contribution is 5.99. The molecule has 1 aliphatic rings. The molecule has 3 rings (SSSR count). The topological polar surface area (TPSA) is 78.3 Å². The molecule has 0 bridgehead atoms. The Kier molecular flexibility index (Phi) is 4.38. The van der Waals surface area contributed by atoms with E-state index in [9.17, 15) is 9.90 Å². The van der Waals surface area contributed by atoms with Crippen LogP contribution in [0.3, 0.4) is 0 Å². The number of carbonyl (C=O) groups is 1. The monoisotopic (exact) mass is 326 g/mol. The summed E-state index contributed by atoms with van der Waals surface area (Å²) in [5.74, 6) is 1.33. The molecule has 1 aromatic carbocycles. The maximum atomic E-state index is 12.8. The largest absolute Gasteiger partial charge is 0.508 e. The Balaban J connectivity index is 1.82. The van der Waals surface area contributed by atoms with Crippen molar-refractivity contribution in [3.05, 3.63) is 36.5 Å². The summed E-state index contributed by atoms with van der Waals surface area (Å²) in [5, 5.41) is 12.6. The Labute approximate surface area is 141 Å². The molecular weight excluding hydrogens is 304 g/mol. The molecule has 0 spiro atoms. The summed E-state index contributed by atoms with van der Waals surface area (Å²) in [6.07, 6.45) is 4.19. The number of amides is 1. The average molecular weight is 326 g/mol. The fourth-order valence-corrected chi connectivity index (χ4v) is 3.22. The van der Waals surface area contributed by atoms with E-state index in [4.69, 9.17) is 0 Å². The highest BCUT2D eigenvalue weighted by Crippen LogP contribution is 2.40. The first-order valence-electron chi connectivity index (χ1n) is 8.29. The molecule has 0 saturated carbocycles. The number of nitrogens with zero attached hydrogens (tertiary/aromatic N) is 3. The van der Waals surface area contributed by atoms with Crippen molar-refractivity contribution < 1.29 is 9.90 Å². The van der Waals surface area contributed by atoms with Crippen LogP contribution in [0.4, 0.5) is 17.5 Å². The van der Waals surface area contributed by atoms with Crippen LogP contribution in [0.2, 0.25) is 0 Å². The van der Waals surface area contributed by atoms with E-state index in [1.807, 2.05) is 6.07 Å². The van der Waals surface area contributed by atoms with Crippen LogP contribution in [0, 0.1) is 5.41 Å². The van der Waals surface area contributed by atoms with E-state index >= 15 is 0 Å². The molecule has 1 fully saturated rings. The summed E-state index contributed by atoms with van der Waals surface area (Å²) in [7, 11) is 0. The Bertz CT molecular complexity index is 743. The summed E-state index contributed by atoms with van der Waals surface area (Å²) in [6.45, 7) is 4.82. The number of benzene rings is 1. The zero-order valence-corrected chi connectivity index (χ0v) is 14.0. The van der Waals surface area contributed by atoms with Gasteiger partial charge in [0, 0.05) is 24.5 Å². The maximum absolute atomic E-state index is 12.8. The van der Waals surface area contributed by atoms with Gasteiger partial charge in [-0.05, 0) is 37.5 Å². The van der Waals surface area contributed by atoms with Gasteiger partial charge in [-0.25, -0.2) is 4.98 Å². The third-order valence-electron chi connectivity index (χ3n) is 4.89. The van der Waals surface area contributed by atoms with Gasteiger partial charge in [0.2, 0.25) is 11.9 Å². The second-order valence-corrected chi connectivity index (χ2v) is 6.11. The number of hydrogen-bond donors (Lipinski definition) is 2. The maximum Gasteiger partial charge on any atom is 0.234 e. The van der Waals surface area contributed by atoms with Crippen LogP contribution in [-0.4, -0.2) is 27.5 Å². The van der Waals surface area contributed by atoms with E-state index in [1.54, 1.807) is 35.4 Å². The minimum Gasteiger partial charge on any atom is -0.508 e. The summed E-state index contributed by atoms with van der Waals surface area (Å²) >= 11 is 0. The molecule has 0 unspecified atom stereocenters. The average Bonchev–Trinajstić information content (AvgIpc) is 2.92. The first-order valence-corrected chi connectivity index (χ1v) is 8.29. The molecule has 2 aromatic rings. The van der Waals surface area contributed by atoms with Crippen molar-refractivity contribution >= 4 is 23.4 Å². The lowest BCUT2D eigenvalue weighted by molar-refractivity contribution is -0.125. The summed E-state index contributed by atoms with van der Waals surface area (Å²) in [5.41, 5.74) is 0.431. The van der Waals surface area contributed by atoms with Gasteiger partial charge in [0.15, 0.2) is 0 Å². The third kappa shape index (κ3) is 2.91. The van der Waals surface area contributed by atoms with E-state index in [0.29, 0.717) is 24.0 Å². The lowest BCUT2D eigenvalue weighted by atomic mass is 9.81. The number of phenols is 1. The second-order valence-electron chi connectivity index (χ2n) is 6.11. The van der Waals surface area contributed by atoms with Crippen LogP contribution in [0.15, 0.2) is 36.5 Å². The SMILES string of the molecule is CCC1(CC)CCN(c2ccnc(Nc3cccc(O)c3)n2)C1=O. The minimum atomic E-state index is -0.260. The first-order chi connectivity index (χ1) is 11.6. The van der Waals surface area contributed by atoms with E-state index in [1.165, 1.54) is 0 Å². The molecule has 6 nitrogen and oxygen atoms in total. The highest BCUT2D eigenvalue weighted by atomic mass is 16.3. The molecule has 6 heteroatoms.